The van der Waals surface area contributed by atoms with E-state index in [9.17, 15) is 0 Å². The van der Waals surface area contributed by atoms with E-state index in [4.69, 9.17) is 14.5 Å². The summed E-state index contributed by atoms with van der Waals surface area (Å²) in [5.74, 6) is 1.86. The van der Waals surface area contributed by atoms with Gasteiger partial charge < -0.3 is 20.1 Å². The number of ether oxygens (including phenoxy) is 2. The molecule has 8 heteroatoms. The molecule has 2 aliphatic rings. The first-order valence-corrected chi connectivity index (χ1v) is 12.5. The average Bonchev–Trinajstić information content (AvgIpc) is 3.33. The molecule has 1 aromatic carbocycles. The normalized spacial score (nSPS) is 20.0. The van der Waals surface area contributed by atoms with Gasteiger partial charge in [-0.2, -0.15) is 11.8 Å². The van der Waals surface area contributed by atoms with Crippen LogP contribution in [0.1, 0.15) is 44.2 Å². The van der Waals surface area contributed by atoms with Crippen molar-refractivity contribution in [1.29, 1.82) is 0 Å². The maximum Gasteiger partial charge on any atom is 0.191 e. The van der Waals surface area contributed by atoms with Gasteiger partial charge in [0.05, 0.1) is 19.7 Å². The van der Waals surface area contributed by atoms with Gasteiger partial charge in [0.15, 0.2) is 5.96 Å². The summed E-state index contributed by atoms with van der Waals surface area (Å²) < 4.78 is 11.4. The molecule has 0 aromatic heterocycles. The molecule has 0 radical (unpaired) electrons. The van der Waals surface area contributed by atoms with Crippen molar-refractivity contribution in [2.45, 2.75) is 43.4 Å². The molecule has 2 N–H and O–H groups in total. The second-order valence-electron chi connectivity index (χ2n) is 8.08. The van der Waals surface area contributed by atoms with Crippen molar-refractivity contribution >= 4 is 41.7 Å². The molecule has 1 unspecified atom stereocenters. The van der Waals surface area contributed by atoms with Crippen LogP contribution >= 0.6 is 35.7 Å². The Labute approximate surface area is 209 Å². The van der Waals surface area contributed by atoms with Crippen molar-refractivity contribution in [1.82, 2.24) is 15.5 Å². The molecular formula is C23H39IN4O2S. The summed E-state index contributed by atoms with van der Waals surface area (Å²) in [7, 11) is 1.76. The van der Waals surface area contributed by atoms with Gasteiger partial charge in [-0.25, -0.2) is 0 Å². The Hall–Kier alpha value is -0.710. The highest BCUT2D eigenvalue weighted by molar-refractivity contribution is 14.0. The van der Waals surface area contributed by atoms with Gasteiger partial charge in [0.2, 0.25) is 0 Å². The van der Waals surface area contributed by atoms with Crippen molar-refractivity contribution < 1.29 is 9.47 Å². The van der Waals surface area contributed by atoms with E-state index in [2.05, 4.69) is 46.9 Å². The smallest absolute Gasteiger partial charge is 0.191 e. The number of benzene rings is 1. The number of guanidine groups is 1. The fraction of sp³-hybridized carbons (Fsp3) is 0.696. The number of methoxy groups -OCH3 is 1. The van der Waals surface area contributed by atoms with Crippen LogP contribution in [0.3, 0.4) is 0 Å². The van der Waals surface area contributed by atoms with Crippen LogP contribution in [0.4, 0.5) is 0 Å². The van der Waals surface area contributed by atoms with Crippen LogP contribution in [-0.4, -0.2) is 74.9 Å². The topological polar surface area (TPSA) is 58.1 Å². The third-order valence-electron chi connectivity index (χ3n) is 6.25. The van der Waals surface area contributed by atoms with Crippen LogP contribution in [0.5, 0.6) is 5.75 Å². The maximum absolute atomic E-state index is 5.68. The number of para-hydroxylation sites is 1. The molecule has 0 amide bonds. The first-order valence-electron chi connectivity index (χ1n) is 11.2. The summed E-state index contributed by atoms with van der Waals surface area (Å²) in [6, 6.07) is 8.67. The summed E-state index contributed by atoms with van der Waals surface area (Å²) in [6.07, 6.45) is 6.85. The van der Waals surface area contributed by atoms with E-state index in [1.54, 1.807) is 7.11 Å². The molecular weight excluding hydrogens is 523 g/mol. The summed E-state index contributed by atoms with van der Waals surface area (Å²) in [5, 5.41) is 7.07. The molecule has 2 heterocycles. The standard InChI is InChI=1S/C23H38N4O2S.HI/c1-4-24-22(26-18-23(30-3)11-15-29-16-12-23)25-17-20(27-13-7-8-14-27)19-9-5-6-10-21(19)28-2;/h5-6,9-10,20H,4,7-8,11-18H2,1-3H3,(H2,24,25,26);1H. The maximum atomic E-state index is 5.68. The van der Waals surface area contributed by atoms with E-state index in [-0.39, 0.29) is 34.8 Å². The van der Waals surface area contributed by atoms with Gasteiger partial charge in [0.1, 0.15) is 5.75 Å². The van der Waals surface area contributed by atoms with Crippen LogP contribution in [0.15, 0.2) is 29.3 Å². The zero-order valence-electron chi connectivity index (χ0n) is 19.2. The molecule has 0 saturated carbocycles. The number of nitrogens with zero attached hydrogens (tertiary/aromatic N) is 2. The highest BCUT2D eigenvalue weighted by Crippen LogP contribution is 2.34. The molecule has 0 aliphatic carbocycles. The van der Waals surface area contributed by atoms with Crippen molar-refractivity contribution in [3.8, 4) is 5.75 Å². The molecule has 2 aliphatic heterocycles. The molecule has 2 saturated heterocycles. The third-order valence-corrected chi connectivity index (χ3v) is 7.65. The van der Waals surface area contributed by atoms with Crippen LogP contribution in [-0.2, 0) is 4.74 Å². The zero-order chi connectivity index (χ0) is 21.2. The third kappa shape index (κ3) is 7.40. The quantitative estimate of drug-likeness (QED) is 0.271. The number of thioether (sulfide) groups is 1. The van der Waals surface area contributed by atoms with Gasteiger partial charge >= 0.3 is 0 Å². The highest BCUT2D eigenvalue weighted by Gasteiger charge is 2.32. The molecule has 31 heavy (non-hydrogen) atoms. The zero-order valence-corrected chi connectivity index (χ0v) is 22.3. The molecule has 2 fully saturated rings. The van der Waals surface area contributed by atoms with E-state index in [1.165, 1.54) is 18.4 Å². The Bertz CT molecular complexity index is 679. The lowest BCUT2D eigenvalue weighted by Crippen LogP contribution is -2.44. The van der Waals surface area contributed by atoms with E-state index in [0.29, 0.717) is 0 Å². The first kappa shape index (κ1) is 26.5. The van der Waals surface area contributed by atoms with Crippen molar-refractivity contribution in [2.24, 2.45) is 4.99 Å². The number of aliphatic imine (C=N–C) groups is 1. The van der Waals surface area contributed by atoms with Gasteiger partial charge in [0.25, 0.3) is 0 Å². The Balaban J connectivity index is 0.00000341. The molecule has 0 spiro atoms. The minimum absolute atomic E-state index is 0. The van der Waals surface area contributed by atoms with Gasteiger partial charge in [-0.1, -0.05) is 18.2 Å². The summed E-state index contributed by atoms with van der Waals surface area (Å²) in [4.78, 5) is 7.55. The second kappa shape index (κ2) is 13.7. The molecule has 0 bridgehead atoms. The van der Waals surface area contributed by atoms with Crippen LogP contribution in [0, 0.1) is 0 Å². The van der Waals surface area contributed by atoms with E-state index in [0.717, 1.165) is 70.5 Å². The van der Waals surface area contributed by atoms with E-state index < -0.39 is 0 Å². The fourth-order valence-corrected chi connectivity index (χ4v) is 5.13. The van der Waals surface area contributed by atoms with Gasteiger partial charge in [-0.15, -0.1) is 24.0 Å². The SMILES string of the molecule is CCNC(=NCC1(SC)CCOCC1)NCC(c1ccccc1OC)N1CCCC1.I. The fourth-order valence-electron chi connectivity index (χ4n) is 4.36. The minimum Gasteiger partial charge on any atom is -0.496 e. The summed E-state index contributed by atoms with van der Waals surface area (Å²) in [5.41, 5.74) is 1.25. The monoisotopic (exact) mass is 562 g/mol. The lowest BCUT2D eigenvalue weighted by atomic mass is 9.99. The largest absolute Gasteiger partial charge is 0.496 e. The Morgan fingerprint density at radius 2 is 1.94 bits per heavy atom. The number of hydrogen-bond acceptors (Lipinski definition) is 5. The molecule has 3 rings (SSSR count). The average molecular weight is 563 g/mol. The minimum atomic E-state index is 0. The van der Waals surface area contributed by atoms with Crippen LogP contribution in [0.25, 0.3) is 0 Å². The van der Waals surface area contributed by atoms with Gasteiger partial charge in [0, 0.05) is 36.6 Å². The number of hydrogen-bond donors (Lipinski definition) is 2. The Morgan fingerprint density at radius 3 is 2.58 bits per heavy atom. The highest BCUT2D eigenvalue weighted by atomic mass is 127. The van der Waals surface area contributed by atoms with E-state index >= 15 is 0 Å². The first-order chi connectivity index (χ1) is 14.7. The Kier molecular flexibility index (Phi) is 11.8. The molecule has 1 aromatic rings. The van der Waals surface area contributed by atoms with Crippen LogP contribution < -0.4 is 15.4 Å². The van der Waals surface area contributed by atoms with Crippen LogP contribution in [0.2, 0.25) is 0 Å². The van der Waals surface area contributed by atoms with Gasteiger partial charge in [-0.05, 0) is 58.0 Å². The summed E-state index contributed by atoms with van der Waals surface area (Å²) in [6.45, 7) is 8.54. The molecule has 176 valence electrons. The number of likely N-dealkylation sites (tertiary alicyclic amines) is 1. The van der Waals surface area contributed by atoms with Crippen molar-refractivity contribution in [2.75, 3.05) is 59.3 Å². The molecule has 6 nitrogen and oxygen atoms in total. The predicted octanol–water partition coefficient (Wildman–Crippen LogP) is 3.92. The second-order valence-corrected chi connectivity index (χ2v) is 9.35. The Morgan fingerprint density at radius 1 is 1.23 bits per heavy atom. The summed E-state index contributed by atoms with van der Waals surface area (Å²) >= 11 is 1.93. The number of halogens is 1. The lowest BCUT2D eigenvalue weighted by Gasteiger charge is -2.34. The molecule has 1 atom stereocenters. The number of nitrogens with one attached hydrogen (secondary N) is 2. The van der Waals surface area contributed by atoms with Gasteiger partial charge in [-0.3, -0.25) is 9.89 Å². The van der Waals surface area contributed by atoms with E-state index in [1.807, 2.05) is 17.8 Å². The lowest BCUT2D eigenvalue weighted by molar-refractivity contribution is 0.0794. The predicted molar refractivity (Wildman–Crippen MR) is 142 cm³/mol. The van der Waals surface area contributed by atoms with Crippen molar-refractivity contribution in [3.05, 3.63) is 29.8 Å². The van der Waals surface area contributed by atoms with Crippen molar-refractivity contribution in [3.63, 3.8) is 0 Å². The number of rotatable bonds is 9.